The minimum Gasteiger partial charge on any atom is -0.374 e. The van der Waals surface area contributed by atoms with Crippen LogP contribution in [0.2, 0.25) is 0 Å². The topological polar surface area (TPSA) is 71.0 Å². The Balaban J connectivity index is 1.59. The molecule has 0 radical (unpaired) electrons. The summed E-state index contributed by atoms with van der Waals surface area (Å²) in [6.07, 6.45) is 9.61. The van der Waals surface area contributed by atoms with Gasteiger partial charge in [-0.2, -0.15) is 0 Å². The average Bonchev–Trinajstić information content (AvgIpc) is 2.72. The first-order valence-corrected chi connectivity index (χ1v) is 8.45. The Morgan fingerprint density at radius 3 is 2.65 bits per heavy atom. The van der Waals surface area contributed by atoms with E-state index in [1.165, 1.54) is 5.56 Å². The van der Waals surface area contributed by atoms with Gasteiger partial charge in [0.25, 0.3) is 5.91 Å². The summed E-state index contributed by atoms with van der Waals surface area (Å²) in [5.74, 6) is -0.196. The quantitative estimate of drug-likeness (QED) is 0.711. The van der Waals surface area contributed by atoms with Crippen molar-refractivity contribution >= 4 is 11.6 Å². The van der Waals surface area contributed by atoms with Crippen molar-refractivity contribution in [1.29, 1.82) is 0 Å². The van der Waals surface area contributed by atoms with E-state index in [9.17, 15) is 4.79 Å². The number of likely N-dealkylation sites (N-methyl/N-ethyl adjacent to an activating group) is 1. The predicted molar refractivity (Wildman–Crippen MR) is 101 cm³/mol. The normalized spacial score (nSPS) is 10.3. The maximum absolute atomic E-state index is 12.4. The molecule has 3 heterocycles. The van der Waals surface area contributed by atoms with Crippen molar-refractivity contribution in [2.75, 3.05) is 18.5 Å². The van der Waals surface area contributed by atoms with Crippen molar-refractivity contribution in [3.05, 3.63) is 84.2 Å². The predicted octanol–water partition coefficient (Wildman–Crippen LogP) is 2.48. The Kier molecular flexibility index (Phi) is 5.88. The fourth-order valence-corrected chi connectivity index (χ4v) is 2.53. The molecule has 6 heteroatoms. The lowest BCUT2D eigenvalue weighted by molar-refractivity contribution is 0.0946. The van der Waals surface area contributed by atoms with E-state index in [1.54, 1.807) is 31.0 Å². The van der Waals surface area contributed by atoms with Crippen molar-refractivity contribution in [2.45, 2.75) is 13.0 Å². The van der Waals surface area contributed by atoms with Crippen LogP contribution < -0.4 is 10.2 Å². The number of pyridine rings is 3. The van der Waals surface area contributed by atoms with Gasteiger partial charge in [-0.15, -0.1) is 0 Å². The summed E-state index contributed by atoms with van der Waals surface area (Å²) in [4.78, 5) is 26.7. The molecule has 3 aromatic rings. The molecule has 0 unspecified atom stereocenters. The lowest BCUT2D eigenvalue weighted by atomic mass is 10.2. The highest BCUT2D eigenvalue weighted by atomic mass is 16.1. The minimum atomic E-state index is -0.196. The highest BCUT2D eigenvalue weighted by molar-refractivity contribution is 5.93. The van der Waals surface area contributed by atoms with E-state index in [0.717, 1.165) is 24.2 Å². The first-order chi connectivity index (χ1) is 12.7. The van der Waals surface area contributed by atoms with Gasteiger partial charge in [0.15, 0.2) is 0 Å². The van der Waals surface area contributed by atoms with Gasteiger partial charge in [-0.3, -0.25) is 19.7 Å². The molecule has 6 nitrogen and oxygen atoms in total. The van der Waals surface area contributed by atoms with Crippen molar-refractivity contribution < 1.29 is 4.79 Å². The van der Waals surface area contributed by atoms with Crippen LogP contribution in [0.3, 0.4) is 0 Å². The average molecular weight is 347 g/mol. The van der Waals surface area contributed by atoms with Crippen LogP contribution in [-0.2, 0) is 13.0 Å². The lowest BCUT2D eigenvalue weighted by Gasteiger charge is -2.19. The molecule has 0 saturated carbocycles. The Bertz CT molecular complexity index is 839. The Labute approximate surface area is 153 Å². The molecule has 0 fully saturated rings. The third-order valence-corrected chi connectivity index (χ3v) is 4.08. The molecule has 3 aromatic heterocycles. The summed E-state index contributed by atoms with van der Waals surface area (Å²) in [6.45, 7) is 1.27. The van der Waals surface area contributed by atoms with Crippen LogP contribution >= 0.6 is 0 Å². The van der Waals surface area contributed by atoms with Crippen LogP contribution in [0, 0.1) is 0 Å². The van der Waals surface area contributed by atoms with Gasteiger partial charge < -0.3 is 10.2 Å². The summed E-state index contributed by atoms with van der Waals surface area (Å²) in [5.41, 5.74) is 3.55. The highest BCUT2D eigenvalue weighted by Crippen LogP contribution is 2.14. The smallest absolute Gasteiger partial charge is 0.270 e. The molecule has 0 aliphatic carbocycles. The molecule has 0 aromatic carbocycles. The van der Waals surface area contributed by atoms with E-state index in [-0.39, 0.29) is 5.91 Å². The summed E-state index contributed by atoms with van der Waals surface area (Å²) < 4.78 is 0. The first-order valence-electron chi connectivity index (χ1n) is 8.45. The first kappa shape index (κ1) is 17.5. The number of amides is 1. The van der Waals surface area contributed by atoms with E-state index in [0.29, 0.717) is 12.2 Å². The number of aromatic nitrogens is 3. The highest BCUT2D eigenvalue weighted by Gasteiger charge is 2.10. The second-order valence-corrected chi connectivity index (χ2v) is 5.97. The molecule has 0 bridgehead atoms. The maximum Gasteiger partial charge on any atom is 0.270 e. The Morgan fingerprint density at radius 1 is 1.04 bits per heavy atom. The number of anilines is 1. The number of nitrogens with one attached hydrogen (secondary N) is 1. The largest absolute Gasteiger partial charge is 0.374 e. The molecule has 0 aliphatic rings. The van der Waals surface area contributed by atoms with Gasteiger partial charge >= 0.3 is 0 Å². The SMILES string of the molecule is CN(CCc1ccncc1)c1ccnc(C(=O)NCc2cccnc2)c1. The summed E-state index contributed by atoms with van der Waals surface area (Å²) >= 11 is 0. The molecule has 0 saturated heterocycles. The molecule has 26 heavy (non-hydrogen) atoms. The summed E-state index contributed by atoms with van der Waals surface area (Å²) in [7, 11) is 2.01. The molecular weight excluding hydrogens is 326 g/mol. The summed E-state index contributed by atoms with van der Waals surface area (Å²) in [6, 6.07) is 11.5. The van der Waals surface area contributed by atoms with Gasteiger partial charge in [0, 0.05) is 56.8 Å². The minimum absolute atomic E-state index is 0.196. The number of hydrogen-bond acceptors (Lipinski definition) is 5. The fourth-order valence-electron chi connectivity index (χ4n) is 2.53. The molecule has 0 aliphatic heterocycles. The molecular formula is C20H21N5O. The van der Waals surface area contributed by atoms with Crippen LogP contribution in [0.25, 0.3) is 0 Å². The van der Waals surface area contributed by atoms with Gasteiger partial charge in [-0.25, -0.2) is 0 Å². The van der Waals surface area contributed by atoms with Crippen molar-refractivity contribution in [3.63, 3.8) is 0 Å². The van der Waals surface area contributed by atoms with Gasteiger partial charge in [-0.05, 0) is 47.9 Å². The van der Waals surface area contributed by atoms with E-state index in [1.807, 2.05) is 43.4 Å². The zero-order valence-corrected chi connectivity index (χ0v) is 14.7. The van der Waals surface area contributed by atoms with Crippen molar-refractivity contribution in [3.8, 4) is 0 Å². The zero-order valence-electron chi connectivity index (χ0n) is 14.7. The van der Waals surface area contributed by atoms with Gasteiger partial charge in [-0.1, -0.05) is 6.07 Å². The standard InChI is InChI=1S/C20H21N5O/c1-25(12-7-16-4-9-21-10-5-16)18-6-11-23-19(13-18)20(26)24-15-17-3-2-8-22-14-17/h2-6,8-11,13-14H,7,12,15H2,1H3,(H,24,26). The Hall–Kier alpha value is -3.28. The molecule has 3 rings (SSSR count). The van der Waals surface area contributed by atoms with Gasteiger partial charge in [0.05, 0.1) is 0 Å². The zero-order chi connectivity index (χ0) is 18.2. The van der Waals surface area contributed by atoms with Crippen LogP contribution in [-0.4, -0.2) is 34.5 Å². The Morgan fingerprint density at radius 2 is 1.88 bits per heavy atom. The molecule has 132 valence electrons. The van der Waals surface area contributed by atoms with Crippen LogP contribution in [0.5, 0.6) is 0 Å². The number of carbonyl (C=O) groups excluding carboxylic acids is 1. The number of rotatable bonds is 7. The monoisotopic (exact) mass is 347 g/mol. The second kappa shape index (κ2) is 8.71. The van der Waals surface area contributed by atoms with E-state index in [2.05, 4.69) is 25.2 Å². The molecule has 1 N–H and O–H groups in total. The third kappa shape index (κ3) is 4.86. The summed E-state index contributed by atoms with van der Waals surface area (Å²) in [5, 5.41) is 2.87. The molecule has 1 amide bonds. The van der Waals surface area contributed by atoms with Crippen LogP contribution in [0.4, 0.5) is 5.69 Å². The lowest BCUT2D eigenvalue weighted by Crippen LogP contribution is -2.25. The van der Waals surface area contributed by atoms with E-state index in [4.69, 9.17) is 0 Å². The van der Waals surface area contributed by atoms with Gasteiger partial charge in [0.1, 0.15) is 5.69 Å². The number of hydrogen-bond donors (Lipinski definition) is 1. The maximum atomic E-state index is 12.4. The van der Waals surface area contributed by atoms with E-state index >= 15 is 0 Å². The molecule has 0 atom stereocenters. The van der Waals surface area contributed by atoms with E-state index < -0.39 is 0 Å². The number of carbonyl (C=O) groups is 1. The number of nitrogens with zero attached hydrogens (tertiary/aromatic N) is 4. The van der Waals surface area contributed by atoms with Gasteiger partial charge in [0.2, 0.25) is 0 Å². The molecule has 0 spiro atoms. The van der Waals surface area contributed by atoms with Crippen molar-refractivity contribution in [1.82, 2.24) is 20.3 Å². The van der Waals surface area contributed by atoms with Crippen molar-refractivity contribution in [2.24, 2.45) is 0 Å². The third-order valence-electron chi connectivity index (χ3n) is 4.08. The fraction of sp³-hybridized carbons (Fsp3) is 0.200. The second-order valence-electron chi connectivity index (χ2n) is 5.97. The van der Waals surface area contributed by atoms with Crippen LogP contribution in [0.15, 0.2) is 67.4 Å². The van der Waals surface area contributed by atoms with Crippen LogP contribution in [0.1, 0.15) is 21.6 Å².